The Labute approximate surface area is 136 Å². The minimum Gasteiger partial charge on any atom is -0.492 e. The van der Waals surface area contributed by atoms with Gasteiger partial charge in [-0.3, -0.25) is 4.79 Å². The van der Waals surface area contributed by atoms with E-state index in [9.17, 15) is 4.79 Å². The molecular weight excluding hydrogens is 314 g/mol. The topological polar surface area (TPSA) is 81.9 Å². The van der Waals surface area contributed by atoms with E-state index in [0.29, 0.717) is 23.9 Å². The Kier molecular flexibility index (Phi) is 4.62. The van der Waals surface area contributed by atoms with Gasteiger partial charge in [0.2, 0.25) is 11.7 Å². The van der Waals surface area contributed by atoms with Crippen LogP contribution in [0.1, 0.15) is 6.92 Å². The Hall–Kier alpha value is -2.74. The Morgan fingerprint density at radius 1 is 1.35 bits per heavy atom. The number of nitrogens with one attached hydrogen (secondary N) is 1. The zero-order valence-electron chi connectivity index (χ0n) is 12.5. The van der Waals surface area contributed by atoms with Crippen LogP contribution in [0.5, 0.6) is 5.75 Å². The fourth-order valence-corrected chi connectivity index (χ4v) is 2.62. The average Bonchev–Trinajstić information content (AvgIpc) is 3.20. The summed E-state index contributed by atoms with van der Waals surface area (Å²) < 4.78 is 5.48. The van der Waals surface area contributed by atoms with Gasteiger partial charge >= 0.3 is 0 Å². The van der Waals surface area contributed by atoms with E-state index in [4.69, 9.17) is 4.74 Å². The number of anilines is 1. The maximum Gasteiger partial charge on any atom is 0.248 e. The van der Waals surface area contributed by atoms with Crippen LogP contribution in [0.25, 0.3) is 11.4 Å². The van der Waals surface area contributed by atoms with E-state index < -0.39 is 0 Å². The van der Waals surface area contributed by atoms with E-state index in [1.54, 1.807) is 17.4 Å². The molecule has 0 saturated heterocycles. The smallest absolute Gasteiger partial charge is 0.248 e. The number of nitrogens with zero attached hydrogens (tertiary/aromatic N) is 4. The summed E-state index contributed by atoms with van der Waals surface area (Å²) in [7, 11) is 0. The number of hydrogen-bond acceptors (Lipinski definition) is 6. The van der Waals surface area contributed by atoms with Crippen molar-refractivity contribution in [3.8, 4) is 17.1 Å². The number of rotatable bonds is 6. The lowest BCUT2D eigenvalue weighted by atomic mass is 10.3. The van der Waals surface area contributed by atoms with Crippen LogP contribution in [0.15, 0.2) is 41.1 Å². The van der Waals surface area contributed by atoms with Crippen molar-refractivity contribution in [3.05, 3.63) is 41.1 Å². The molecule has 23 heavy (non-hydrogen) atoms. The van der Waals surface area contributed by atoms with Crippen molar-refractivity contribution in [1.82, 2.24) is 20.2 Å². The number of thiophene rings is 1. The number of hydrogen-bond donors (Lipinski definition) is 1. The number of carbonyl (C=O) groups excluding carboxylic acids is 1. The maximum absolute atomic E-state index is 12.1. The zero-order chi connectivity index (χ0) is 16.1. The Balaban J connectivity index is 1.66. The molecule has 0 bridgehead atoms. The first-order valence-electron chi connectivity index (χ1n) is 7.08. The normalized spacial score (nSPS) is 10.5. The standard InChI is InChI=1S/C15H15N5O2S/c1-2-22-13-6-4-3-5-12(13)16-14(21)9-20-18-15(17-19-20)11-7-8-23-10-11/h3-8,10H,2,9H2,1H3,(H,16,21). The van der Waals surface area contributed by atoms with Crippen LogP contribution < -0.4 is 10.1 Å². The van der Waals surface area contributed by atoms with Crippen LogP contribution in [0.3, 0.4) is 0 Å². The summed E-state index contributed by atoms with van der Waals surface area (Å²) in [5.74, 6) is 0.897. The van der Waals surface area contributed by atoms with Crippen LogP contribution in [0.2, 0.25) is 0 Å². The third-order valence-electron chi connectivity index (χ3n) is 2.98. The van der Waals surface area contributed by atoms with Crippen LogP contribution >= 0.6 is 11.3 Å². The summed E-state index contributed by atoms with van der Waals surface area (Å²) >= 11 is 1.56. The molecule has 1 aromatic carbocycles. The lowest BCUT2D eigenvalue weighted by Gasteiger charge is -2.10. The van der Waals surface area contributed by atoms with E-state index in [0.717, 1.165) is 5.56 Å². The van der Waals surface area contributed by atoms with Gasteiger partial charge in [-0.15, -0.1) is 10.2 Å². The first kappa shape index (κ1) is 15.2. The van der Waals surface area contributed by atoms with Crippen molar-refractivity contribution < 1.29 is 9.53 Å². The largest absolute Gasteiger partial charge is 0.492 e. The molecule has 3 aromatic rings. The predicted molar refractivity (Wildman–Crippen MR) is 87.4 cm³/mol. The minimum absolute atomic E-state index is 0.0163. The molecule has 0 aliphatic rings. The highest BCUT2D eigenvalue weighted by Crippen LogP contribution is 2.23. The number of benzene rings is 1. The number of carbonyl (C=O) groups is 1. The molecule has 1 N–H and O–H groups in total. The van der Waals surface area contributed by atoms with E-state index >= 15 is 0 Å². The first-order chi connectivity index (χ1) is 11.3. The van der Waals surface area contributed by atoms with Gasteiger partial charge in [-0.25, -0.2) is 0 Å². The van der Waals surface area contributed by atoms with Gasteiger partial charge in [0.1, 0.15) is 12.3 Å². The number of amides is 1. The van der Waals surface area contributed by atoms with Gasteiger partial charge in [-0.1, -0.05) is 12.1 Å². The molecule has 2 aromatic heterocycles. The van der Waals surface area contributed by atoms with Crippen LogP contribution in [-0.4, -0.2) is 32.7 Å². The maximum atomic E-state index is 12.1. The summed E-state index contributed by atoms with van der Waals surface area (Å²) in [5.41, 5.74) is 1.51. The molecule has 0 saturated carbocycles. The third kappa shape index (κ3) is 3.72. The van der Waals surface area contributed by atoms with Gasteiger partial charge in [0.25, 0.3) is 0 Å². The monoisotopic (exact) mass is 329 g/mol. The van der Waals surface area contributed by atoms with E-state index in [2.05, 4.69) is 20.7 Å². The van der Waals surface area contributed by atoms with Gasteiger partial charge < -0.3 is 10.1 Å². The lowest BCUT2D eigenvalue weighted by Crippen LogP contribution is -2.20. The molecule has 118 valence electrons. The summed E-state index contributed by atoms with van der Waals surface area (Å²) in [6.45, 7) is 2.41. The summed E-state index contributed by atoms with van der Waals surface area (Å²) in [6.07, 6.45) is 0. The summed E-state index contributed by atoms with van der Waals surface area (Å²) in [6, 6.07) is 9.19. The van der Waals surface area contributed by atoms with Crippen LogP contribution in [0.4, 0.5) is 5.69 Å². The van der Waals surface area contributed by atoms with Crippen molar-refractivity contribution in [2.45, 2.75) is 13.5 Å². The molecule has 2 heterocycles. The molecule has 0 aliphatic heterocycles. The molecule has 3 rings (SSSR count). The van der Waals surface area contributed by atoms with Crippen molar-refractivity contribution in [1.29, 1.82) is 0 Å². The SMILES string of the molecule is CCOc1ccccc1NC(=O)Cn1nnc(-c2ccsc2)n1. The minimum atomic E-state index is -0.244. The Bertz CT molecular complexity index is 785. The highest BCUT2D eigenvalue weighted by Gasteiger charge is 2.11. The molecule has 0 radical (unpaired) electrons. The van der Waals surface area contributed by atoms with Gasteiger partial charge in [0.15, 0.2) is 0 Å². The van der Waals surface area contributed by atoms with E-state index in [1.807, 2.05) is 41.9 Å². The zero-order valence-corrected chi connectivity index (χ0v) is 13.3. The molecule has 0 fully saturated rings. The summed E-state index contributed by atoms with van der Waals surface area (Å²) in [4.78, 5) is 13.4. The van der Waals surface area contributed by atoms with Gasteiger partial charge in [-0.2, -0.15) is 16.1 Å². The number of para-hydroxylation sites is 2. The second-order valence-electron chi connectivity index (χ2n) is 4.63. The van der Waals surface area contributed by atoms with Crippen molar-refractivity contribution in [3.63, 3.8) is 0 Å². The Morgan fingerprint density at radius 3 is 3.00 bits per heavy atom. The van der Waals surface area contributed by atoms with Crippen molar-refractivity contribution in [2.24, 2.45) is 0 Å². The third-order valence-corrected chi connectivity index (χ3v) is 3.66. The molecular formula is C15H15N5O2S. The highest BCUT2D eigenvalue weighted by molar-refractivity contribution is 7.08. The molecule has 0 aliphatic carbocycles. The predicted octanol–water partition coefficient (Wildman–Crippen LogP) is 2.44. The molecule has 8 heteroatoms. The van der Waals surface area contributed by atoms with E-state index in [1.165, 1.54) is 4.80 Å². The van der Waals surface area contributed by atoms with Gasteiger partial charge in [0, 0.05) is 10.9 Å². The van der Waals surface area contributed by atoms with Gasteiger partial charge in [0.05, 0.1) is 12.3 Å². The molecule has 1 amide bonds. The first-order valence-corrected chi connectivity index (χ1v) is 8.02. The molecule has 0 atom stereocenters. The second-order valence-corrected chi connectivity index (χ2v) is 5.41. The fraction of sp³-hybridized carbons (Fsp3) is 0.200. The summed E-state index contributed by atoms with van der Waals surface area (Å²) in [5, 5.41) is 18.7. The van der Waals surface area contributed by atoms with Crippen LogP contribution in [0, 0.1) is 0 Å². The quantitative estimate of drug-likeness (QED) is 0.751. The fourth-order valence-electron chi connectivity index (χ4n) is 1.99. The second kappa shape index (κ2) is 7.01. The van der Waals surface area contributed by atoms with Crippen LogP contribution in [-0.2, 0) is 11.3 Å². The van der Waals surface area contributed by atoms with Crippen molar-refractivity contribution >= 4 is 22.9 Å². The highest BCUT2D eigenvalue weighted by atomic mass is 32.1. The number of aromatic nitrogens is 4. The molecule has 0 spiro atoms. The number of ether oxygens (including phenoxy) is 1. The molecule has 7 nitrogen and oxygen atoms in total. The van der Waals surface area contributed by atoms with Crippen molar-refractivity contribution in [2.75, 3.05) is 11.9 Å². The Morgan fingerprint density at radius 2 is 2.22 bits per heavy atom. The average molecular weight is 329 g/mol. The molecule has 0 unspecified atom stereocenters. The number of tetrazole rings is 1. The van der Waals surface area contributed by atoms with E-state index in [-0.39, 0.29) is 12.5 Å². The lowest BCUT2D eigenvalue weighted by molar-refractivity contribution is -0.117. The van der Waals surface area contributed by atoms with Gasteiger partial charge in [-0.05, 0) is 35.7 Å².